The van der Waals surface area contributed by atoms with E-state index in [0.717, 1.165) is 26.0 Å². The first-order chi connectivity index (χ1) is 10.1. The van der Waals surface area contributed by atoms with Crippen molar-refractivity contribution in [2.24, 2.45) is 0 Å². The maximum Gasteiger partial charge on any atom is 0.182 e. The van der Waals surface area contributed by atoms with Crippen LogP contribution in [-0.4, -0.2) is 16.2 Å². The van der Waals surface area contributed by atoms with Gasteiger partial charge in [-0.2, -0.15) is 0 Å². The van der Waals surface area contributed by atoms with Crippen LogP contribution < -0.4 is 4.74 Å². The number of hydrogen-bond donors (Lipinski definition) is 1. The van der Waals surface area contributed by atoms with E-state index in [1.54, 1.807) is 0 Å². The molecule has 0 amide bonds. The fourth-order valence-electron chi connectivity index (χ4n) is 2.28. The molecule has 0 spiro atoms. The van der Waals surface area contributed by atoms with E-state index in [2.05, 4.69) is 27.6 Å². The van der Waals surface area contributed by atoms with Gasteiger partial charge in [0.1, 0.15) is 11.3 Å². The highest BCUT2D eigenvalue weighted by Crippen LogP contribution is 2.30. The van der Waals surface area contributed by atoms with Gasteiger partial charge in [0.05, 0.1) is 22.8 Å². The zero-order valence-corrected chi connectivity index (χ0v) is 14.9. The van der Waals surface area contributed by atoms with Crippen molar-refractivity contribution in [3.8, 4) is 11.4 Å². The predicted octanol–water partition coefficient (Wildman–Crippen LogP) is 5.34. The summed E-state index contributed by atoms with van der Waals surface area (Å²) in [6, 6.07) is 11.8. The fraction of sp³-hybridized carbons (Fsp3) is 0.133. The van der Waals surface area contributed by atoms with E-state index in [9.17, 15) is 0 Å². The second kappa shape index (κ2) is 5.98. The van der Waals surface area contributed by atoms with Crippen molar-refractivity contribution in [1.29, 1.82) is 0 Å². The molecule has 0 fully saturated rings. The van der Waals surface area contributed by atoms with Gasteiger partial charge in [-0.25, -0.2) is 0 Å². The summed E-state index contributed by atoms with van der Waals surface area (Å²) in [5.74, 6) is 0.793. The number of aromatic amines is 1. The number of aromatic nitrogens is 2. The number of nitrogens with zero attached hydrogens (tertiary/aromatic N) is 1. The number of nitrogens with one attached hydrogen (secondary N) is 1. The maximum atomic E-state index is 6.38. The molecule has 0 saturated heterocycles. The lowest BCUT2D eigenvalue weighted by molar-refractivity contribution is 0.343. The van der Waals surface area contributed by atoms with E-state index in [0.29, 0.717) is 16.4 Å². The molecule has 6 heteroatoms. The molecule has 1 heterocycles. The van der Waals surface area contributed by atoms with Crippen LogP contribution in [0.3, 0.4) is 0 Å². The molecule has 0 aliphatic rings. The van der Waals surface area contributed by atoms with Gasteiger partial charge in [0.2, 0.25) is 0 Å². The van der Waals surface area contributed by atoms with Crippen molar-refractivity contribution in [3.63, 3.8) is 0 Å². The Kier molecular flexibility index (Phi) is 4.24. The van der Waals surface area contributed by atoms with Gasteiger partial charge in [-0.1, -0.05) is 17.7 Å². The Bertz CT molecular complexity index is 872. The van der Waals surface area contributed by atoms with Gasteiger partial charge in [0.25, 0.3) is 0 Å². The van der Waals surface area contributed by atoms with E-state index in [4.69, 9.17) is 28.6 Å². The van der Waals surface area contributed by atoms with Crippen molar-refractivity contribution in [2.75, 3.05) is 6.61 Å². The fourth-order valence-corrected chi connectivity index (χ4v) is 3.52. The van der Waals surface area contributed by atoms with E-state index in [1.165, 1.54) is 0 Å². The number of hydrogen-bond acceptors (Lipinski definition) is 2. The minimum absolute atomic E-state index is 0.597. The highest BCUT2D eigenvalue weighted by molar-refractivity contribution is 14.1. The Balaban J connectivity index is 2.30. The van der Waals surface area contributed by atoms with Crippen LogP contribution in [0.25, 0.3) is 16.7 Å². The third-order valence-electron chi connectivity index (χ3n) is 3.13. The molecule has 0 saturated carbocycles. The molecule has 108 valence electrons. The largest absolute Gasteiger partial charge is 0.492 e. The number of para-hydroxylation sites is 1. The van der Waals surface area contributed by atoms with Crippen molar-refractivity contribution >= 4 is 57.4 Å². The molecule has 3 aromatic rings. The molecule has 0 radical (unpaired) electrons. The van der Waals surface area contributed by atoms with Gasteiger partial charge in [-0.3, -0.25) is 4.57 Å². The van der Waals surface area contributed by atoms with Crippen LogP contribution in [0.1, 0.15) is 6.92 Å². The topological polar surface area (TPSA) is 29.9 Å². The molecule has 0 aliphatic carbocycles. The summed E-state index contributed by atoms with van der Waals surface area (Å²) >= 11 is 14.1. The summed E-state index contributed by atoms with van der Waals surface area (Å²) in [7, 11) is 0. The van der Waals surface area contributed by atoms with E-state index >= 15 is 0 Å². The van der Waals surface area contributed by atoms with Crippen LogP contribution in [0.2, 0.25) is 5.02 Å². The molecule has 0 aliphatic heterocycles. The average molecular weight is 431 g/mol. The Hall–Kier alpha value is -1.05. The van der Waals surface area contributed by atoms with Crippen LogP contribution in [0, 0.1) is 8.34 Å². The Labute approximate surface area is 146 Å². The zero-order valence-electron chi connectivity index (χ0n) is 11.2. The van der Waals surface area contributed by atoms with Crippen LogP contribution in [0.5, 0.6) is 5.75 Å². The first-order valence-corrected chi connectivity index (χ1v) is 8.30. The molecule has 1 N–H and O–H groups in total. The highest BCUT2D eigenvalue weighted by atomic mass is 127. The maximum absolute atomic E-state index is 6.38. The number of benzene rings is 2. The lowest BCUT2D eigenvalue weighted by atomic mass is 10.2. The number of rotatable bonds is 3. The molecule has 21 heavy (non-hydrogen) atoms. The number of fused-ring (bicyclic) bond motifs is 1. The average Bonchev–Trinajstić information content (AvgIpc) is 2.77. The highest BCUT2D eigenvalue weighted by Gasteiger charge is 2.12. The summed E-state index contributed by atoms with van der Waals surface area (Å²) < 4.78 is 9.27. The first kappa shape index (κ1) is 14.9. The summed E-state index contributed by atoms with van der Waals surface area (Å²) in [5.41, 5.74) is 2.70. The van der Waals surface area contributed by atoms with Gasteiger partial charge < -0.3 is 9.72 Å². The van der Waals surface area contributed by atoms with Gasteiger partial charge in [-0.15, -0.1) is 0 Å². The minimum Gasteiger partial charge on any atom is -0.492 e. The van der Waals surface area contributed by atoms with Gasteiger partial charge in [0, 0.05) is 3.57 Å². The van der Waals surface area contributed by atoms with E-state index in [1.807, 2.05) is 47.9 Å². The monoisotopic (exact) mass is 430 g/mol. The van der Waals surface area contributed by atoms with Crippen LogP contribution in [0.4, 0.5) is 0 Å². The third kappa shape index (κ3) is 2.69. The predicted molar refractivity (Wildman–Crippen MR) is 97.4 cm³/mol. The molecule has 3 rings (SSSR count). The molecule has 0 atom stereocenters. The van der Waals surface area contributed by atoms with E-state index < -0.39 is 0 Å². The van der Waals surface area contributed by atoms with Crippen molar-refractivity contribution in [3.05, 3.63) is 49.8 Å². The number of H-pyrrole nitrogens is 1. The molecule has 3 nitrogen and oxygen atoms in total. The minimum atomic E-state index is 0.597. The van der Waals surface area contributed by atoms with Crippen molar-refractivity contribution in [1.82, 2.24) is 9.55 Å². The SMILES string of the molecule is CCOc1cccc2c1[nH]c(=S)n2-c1ccc(I)cc1Cl. The number of halogens is 2. The summed E-state index contributed by atoms with van der Waals surface area (Å²) in [5, 5.41) is 0.667. The molecule has 0 bridgehead atoms. The summed E-state index contributed by atoms with van der Waals surface area (Å²) in [6.45, 7) is 2.57. The third-order valence-corrected chi connectivity index (χ3v) is 4.39. The van der Waals surface area contributed by atoms with Crippen molar-refractivity contribution in [2.45, 2.75) is 6.92 Å². The first-order valence-electron chi connectivity index (χ1n) is 6.43. The summed E-state index contributed by atoms with van der Waals surface area (Å²) in [4.78, 5) is 3.21. The van der Waals surface area contributed by atoms with Crippen LogP contribution >= 0.6 is 46.4 Å². The molecule has 2 aromatic carbocycles. The molecular weight excluding hydrogens is 419 g/mol. The van der Waals surface area contributed by atoms with Gasteiger partial charge in [-0.05, 0) is 72.1 Å². The second-order valence-corrected chi connectivity index (χ2v) is 6.48. The normalized spacial score (nSPS) is 11.0. The Morgan fingerprint density at radius 1 is 1.33 bits per heavy atom. The lowest BCUT2D eigenvalue weighted by Crippen LogP contribution is -1.96. The van der Waals surface area contributed by atoms with E-state index in [-0.39, 0.29) is 0 Å². The number of imidazole rings is 1. The number of ether oxygens (including phenoxy) is 1. The summed E-state index contributed by atoms with van der Waals surface area (Å²) in [6.07, 6.45) is 0. The lowest BCUT2D eigenvalue weighted by Gasteiger charge is -2.08. The molecule has 1 aromatic heterocycles. The smallest absolute Gasteiger partial charge is 0.182 e. The standard InChI is InChI=1S/C15H12ClIN2OS/c1-2-20-13-5-3-4-12-14(13)18-15(21)19(12)11-7-6-9(17)8-10(11)16/h3-8H,2H2,1H3,(H,18,21). The van der Waals surface area contributed by atoms with Crippen LogP contribution in [0.15, 0.2) is 36.4 Å². The Morgan fingerprint density at radius 2 is 2.14 bits per heavy atom. The quantitative estimate of drug-likeness (QED) is 0.449. The van der Waals surface area contributed by atoms with Gasteiger partial charge in [0.15, 0.2) is 4.77 Å². The zero-order chi connectivity index (χ0) is 15.0. The van der Waals surface area contributed by atoms with Gasteiger partial charge >= 0.3 is 0 Å². The van der Waals surface area contributed by atoms with Crippen molar-refractivity contribution < 1.29 is 4.74 Å². The molecule has 0 unspecified atom stereocenters. The molecular formula is C15H12ClIN2OS. The Morgan fingerprint density at radius 3 is 2.86 bits per heavy atom. The van der Waals surface area contributed by atoms with Crippen LogP contribution in [-0.2, 0) is 0 Å². The second-order valence-electron chi connectivity index (χ2n) is 4.44.